The van der Waals surface area contributed by atoms with Crippen molar-refractivity contribution in [2.45, 2.75) is 103 Å². The second kappa shape index (κ2) is 7.96. The minimum Gasteiger partial charge on any atom is -0.462 e. The van der Waals surface area contributed by atoms with E-state index in [-0.39, 0.29) is 35.4 Å². The highest BCUT2D eigenvalue weighted by Crippen LogP contribution is 2.52. The van der Waals surface area contributed by atoms with Gasteiger partial charge in [-0.1, -0.05) is 33.6 Å². The fourth-order valence-electron chi connectivity index (χ4n) is 5.59. The van der Waals surface area contributed by atoms with E-state index in [1.807, 2.05) is 13.8 Å². The number of aliphatic hydroxyl groups excluding tert-OH is 1. The van der Waals surface area contributed by atoms with Gasteiger partial charge in [0.05, 0.1) is 11.5 Å². The van der Waals surface area contributed by atoms with Crippen LogP contribution in [0.4, 0.5) is 0 Å². The smallest absolute Gasteiger partial charge is 0.309 e. The molecule has 5 unspecified atom stereocenters. The van der Waals surface area contributed by atoms with Crippen molar-refractivity contribution < 1.29 is 19.4 Å². The minimum atomic E-state index is -0.706. The van der Waals surface area contributed by atoms with Gasteiger partial charge in [0.25, 0.3) is 0 Å². The van der Waals surface area contributed by atoms with Crippen LogP contribution in [0.5, 0.6) is 0 Å². The highest BCUT2D eigenvalue weighted by molar-refractivity contribution is 5.72. The Bertz CT molecular complexity index is 453. The lowest BCUT2D eigenvalue weighted by Crippen LogP contribution is -2.42. The zero-order valence-electron chi connectivity index (χ0n) is 16.2. The number of esters is 1. The predicted molar refractivity (Wildman–Crippen MR) is 96.9 cm³/mol. The third kappa shape index (κ3) is 3.90. The summed E-state index contributed by atoms with van der Waals surface area (Å²) in [5.41, 5.74) is -0.122. The van der Waals surface area contributed by atoms with Crippen molar-refractivity contribution in [1.82, 2.24) is 0 Å². The molecule has 144 valence electrons. The highest BCUT2D eigenvalue weighted by atomic mass is 16.6. The number of fused-ring (bicyclic) bond motifs is 2. The summed E-state index contributed by atoms with van der Waals surface area (Å²) in [7, 11) is 0. The zero-order chi connectivity index (χ0) is 18.0. The molecule has 4 heteroatoms. The van der Waals surface area contributed by atoms with Gasteiger partial charge in [0.2, 0.25) is 0 Å². The Balaban J connectivity index is 1.59. The lowest BCUT2D eigenvalue weighted by Gasteiger charge is -2.37. The fourth-order valence-corrected chi connectivity index (χ4v) is 5.59. The van der Waals surface area contributed by atoms with Gasteiger partial charge in [-0.25, -0.2) is 0 Å². The largest absolute Gasteiger partial charge is 0.462 e. The Morgan fingerprint density at radius 3 is 2.36 bits per heavy atom. The molecular weight excluding hydrogens is 316 g/mol. The van der Waals surface area contributed by atoms with E-state index in [9.17, 15) is 9.90 Å². The molecule has 1 N–H and O–H groups in total. The first kappa shape index (κ1) is 19.2. The number of ether oxygens (including phenoxy) is 2. The lowest BCUT2D eigenvalue weighted by molar-refractivity contribution is -0.222. The summed E-state index contributed by atoms with van der Waals surface area (Å²) in [6, 6.07) is 0. The van der Waals surface area contributed by atoms with E-state index < -0.39 is 6.29 Å². The lowest BCUT2D eigenvalue weighted by atomic mass is 9.85. The monoisotopic (exact) mass is 352 g/mol. The van der Waals surface area contributed by atoms with Crippen LogP contribution in [0.25, 0.3) is 0 Å². The number of carbonyl (C=O) groups excluding carboxylic acids is 1. The van der Waals surface area contributed by atoms with Gasteiger partial charge in [-0.3, -0.25) is 4.79 Å². The third-order valence-electron chi connectivity index (χ3n) is 7.29. The van der Waals surface area contributed by atoms with Crippen LogP contribution in [-0.4, -0.2) is 29.1 Å². The van der Waals surface area contributed by atoms with Gasteiger partial charge in [-0.2, -0.15) is 0 Å². The normalized spacial score (nSPS) is 34.6. The Hall–Kier alpha value is -0.610. The molecule has 0 aliphatic heterocycles. The van der Waals surface area contributed by atoms with Gasteiger partial charge >= 0.3 is 5.97 Å². The molecule has 0 radical (unpaired) electrons. The summed E-state index contributed by atoms with van der Waals surface area (Å²) in [6.45, 7) is 6.25. The van der Waals surface area contributed by atoms with E-state index in [4.69, 9.17) is 9.47 Å². The zero-order valence-corrected chi connectivity index (χ0v) is 16.2. The third-order valence-corrected chi connectivity index (χ3v) is 7.29. The quantitative estimate of drug-likeness (QED) is 0.518. The maximum Gasteiger partial charge on any atom is 0.309 e. The van der Waals surface area contributed by atoms with E-state index in [2.05, 4.69) is 6.92 Å². The molecule has 0 aromatic carbocycles. The molecule has 2 bridgehead atoms. The summed E-state index contributed by atoms with van der Waals surface area (Å²) in [4.78, 5) is 12.4. The van der Waals surface area contributed by atoms with Crippen molar-refractivity contribution >= 4 is 5.97 Å². The molecule has 0 heterocycles. The SMILES string of the molecule is CCC(CC)C(=O)OC1CC2CC(C(O)OC3(CC)CCCC3)C1C2. The molecule has 4 nitrogen and oxygen atoms in total. The average Bonchev–Trinajstić information content (AvgIpc) is 3.31. The van der Waals surface area contributed by atoms with Crippen molar-refractivity contribution in [3.63, 3.8) is 0 Å². The van der Waals surface area contributed by atoms with E-state index in [0.717, 1.165) is 51.4 Å². The standard InChI is InChI=1S/C21H36O4/c1-4-15(5-2)19(22)24-18-13-14-11-16(18)17(12-14)20(23)25-21(6-3)9-7-8-10-21/h14-18,20,23H,4-13H2,1-3H3. The van der Waals surface area contributed by atoms with Crippen LogP contribution in [0.1, 0.15) is 85.0 Å². The Kier molecular flexibility index (Phi) is 6.10. The van der Waals surface area contributed by atoms with Gasteiger partial charge in [0.15, 0.2) is 6.29 Å². The van der Waals surface area contributed by atoms with Gasteiger partial charge in [-0.15, -0.1) is 0 Å². The number of hydrogen-bond acceptors (Lipinski definition) is 4. The van der Waals surface area contributed by atoms with Crippen LogP contribution in [-0.2, 0) is 14.3 Å². The van der Waals surface area contributed by atoms with Crippen LogP contribution in [0.3, 0.4) is 0 Å². The maximum absolute atomic E-state index is 12.4. The summed E-state index contributed by atoms with van der Waals surface area (Å²) < 4.78 is 12.1. The molecular formula is C21H36O4. The number of aliphatic hydroxyl groups is 1. The number of carbonyl (C=O) groups is 1. The summed E-state index contributed by atoms with van der Waals surface area (Å²) >= 11 is 0. The first-order valence-corrected chi connectivity index (χ1v) is 10.6. The summed E-state index contributed by atoms with van der Waals surface area (Å²) in [5, 5.41) is 10.8. The number of rotatable bonds is 8. The Morgan fingerprint density at radius 1 is 1.12 bits per heavy atom. The molecule has 0 aromatic rings. The van der Waals surface area contributed by atoms with Crippen LogP contribution < -0.4 is 0 Å². The van der Waals surface area contributed by atoms with Crippen molar-refractivity contribution in [1.29, 1.82) is 0 Å². The summed E-state index contributed by atoms with van der Waals surface area (Å²) in [6.07, 6.45) is 9.52. The molecule has 25 heavy (non-hydrogen) atoms. The topological polar surface area (TPSA) is 55.8 Å². The Labute approximate surface area is 152 Å². The second-order valence-corrected chi connectivity index (χ2v) is 8.64. The van der Waals surface area contributed by atoms with Gasteiger partial charge in [0, 0.05) is 11.8 Å². The van der Waals surface area contributed by atoms with Gasteiger partial charge in [0.1, 0.15) is 6.10 Å². The molecule has 0 amide bonds. The van der Waals surface area contributed by atoms with Crippen molar-refractivity contribution in [2.24, 2.45) is 23.7 Å². The number of hydrogen-bond donors (Lipinski definition) is 1. The van der Waals surface area contributed by atoms with Crippen molar-refractivity contribution in [3.05, 3.63) is 0 Å². The van der Waals surface area contributed by atoms with Gasteiger partial charge in [-0.05, 0) is 57.3 Å². The van der Waals surface area contributed by atoms with Gasteiger partial charge < -0.3 is 14.6 Å². The van der Waals surface area contributed by atoms with Crippen molar-refractivity contribution in [3.8, 4) is 0 Å². The first-order valence-electron chi connectivity index (χ1n) is 10.6. The minimum absolute atomic E-state index is 0.0144. The van der Waals surface area contributed by atoms with Crippen LogP contribution in [0.15, 0.2) is 0 Å². The first-order chi connectivity index (χ1) is 12.0. The predicted octanol–water partition coefficient (Wildman–Crippen LogP) is 4.44. The van der Waals surface area contributed by atoms with E-state index in [1.54, 1.807) is 0 Å². The van der Waals surface area contributed by atoms with Crippen LogP contribution in [0, 0.1) is 23.7 Å². The molecule has 3 rings (SSSR count). The fraction of sp³-hybridized carbons (Fsp3) is 0.952. The molecule has 3 saturated carbocycles. The average molecular weight is 353 g/mol. The Morgan fingerprint density at radius 2 is 1.80 bits per heavy atom. The molecule has 3 aliphatic carbocycles. The molecule has 3 fully saturated rings. The molecule has 0 aromatic heterocycles. The van der Waals surface area contributed by atoms with E-state index in [1.165, 1.54) is 12.8 Å². The second-order valence-electron chi connectivity index (χ2n) is 8.64. The molecule has 0 saturated heterocycles. The summed E-state index contributed by atoms with van der Waals surface area (Å²) in [5.74, 6) is 0.947. The van der Waals surface area contributed by atoms with Crippen molar-refractivity contribution in [2.75, 3.05) is 0 Å². The molecule has 0 spiro atoms. The highest BCUT2D eigenvalue weighted by Gasteiger charge is 2.52. The molecule has 3 aliphatic rings. The molecule has 5 atom stereocenters. The van der Waals surface area contributed by atoms with E-state index in [0.29, 0.717) is 5.92 Å². The van der Waals surface area contributed by atoms with Crippen LogP contribution in [0.2, 0.25) is 0 Å². The maximum atomic E-state index is 12.4. The van der Waals surface area contributed by atoms with Crippen LogP contribution >= 0.6 is 0 Å². The van der Waals surface area contributed by atoms with E-state index >= 15 is 0 Å².